The van der Waals surface area contributed by atoms with Gasteiger partial charge in [-0.1, -0.05) is 60.7 Å². The van der Waals surface area contributed by atoms with E-state index < -0.39 is 0 Å². The second-order valence-electron chi connectivity index (χ2n) is 8.58. The molecule has 1 aliphatic rings. The first kappa shape index (κ1) is 22.1. The van der Waals surface area contributed by atoms with Crippen LogP contribution >= 0.6 is 0 Å². The molecule has 1 heterocycles. The monoisotopic (exact) mass is 426 g/mol. The molecule has 1 fully saturated rings. The smallest absolute Gasteiger partial charge is 0.129 e. The highest BCUT2D eigenvalue weighted by Gasteiger charge is 2.33. The second kappa shape index (κ2) is 10.0. The Morgan fingerprint density at radius 2 is 1.66 bits per heavy atom. The first-order valence-corrected chi connectivity index (χ1v) is 11.7. The van der Waals surface area contributed by atoms with E-state index in [1.807, 2.05) is 6.07 Å². The van der Waals surface area contributed by atoms with E-state index in [-0.39, 0.29) is 5.54 Å². The molecule has 0 saturated heterocycles. The molecule has 3 aromatic rings. The Morgan fingerprint density at radius 1 is 0.938 bits per heavy atom. The van der Waals surface area contributed by atoms with Gasteiger partial charge in [-0.2, -0.15) is 0 Å². The second-order valence-corrected chi connectivity index (χ2v) is 8.58. The van der Waals surface area contributed by atoms with Crippen LogP contribution in [0.25, 0.3) is 12.2 Å². The lowest BCUT2D eigenvalue weighted by Gasteiger charge is -2.38. The zero-order chi connectivity index (χ0) is 22.4. The summed E-state index contributed by atoms with van der Waals surface area (Å²) < 4.78 is 0. The number of pyridine rings is 1. The molecule has 0 radical (unpaired) electrons. The highest BCUT2D eigenvalue weighted by atomic mass is 15.2. The van der Waals surface area contributed by atoms with E-state index in [2.05, 4.69) is 96.9 Å². The van der Waals surface area contributed by atoms with Gasteiger partial charge in [0.05, 0.1) is 11.4 Å². The van der Waals surface area contributed by atoms with E-state index in [0.29, 0.717) is 0 Å². The van der Waals surface area contributed by atoms with Gasteiger partial charge in [0.15, 0.2) is 0 Å². The summed E-state index contributed by atoms with van der Waals surface area (Å²) in [5.41, 5.74) is 12.0. The van der Waals surface area contributed by atoms with Crippen LogP contribution in [-0.2, 0) is 12.1 Å². The summed E-state index contributed by atoms with van der Waals surface area (Å²) in [5.74, 6) is 1.01. The maximum absolute atomic E-state index is 6.47. The van der Waals surface area contributed by atoms with Crippen LogP contribution in [0, 0.1) is 0 Å². The van der Waals surface area contributed by atoms with E-state index in [1.54, 1.807) is 0 Å². The van der Waals surface area contributed by atoms with Gasteiger partial charge < -0.3 is 16.0 Å². The molecule has 166 valence electrons. The van der Waals surface area contributed by atoms with Gasteiger partial charge >= 0.3 is 0 Å². The van der Waals surface area contributed by atoms with E-state index >= 15 is 0 Å². The fourth-order valence-corrected chi connectivity index (χ4v) is 4.20. The van der Waals surface area contributed by atoms with Gasteiger partial charge in [0.25, 0.3) is 0 Å². The average molecular weight is 427 g/mol. The predicted molar refractivity (Wildman–Crippen MR) is 137 cm³/mol. The fraction of sp³-hybridized carbons (Fsp3) is 0.321. The van der Waals surface area contributed by atoms with Crippen LogP contribution in [-0.4, -0.2) is 18.1 Å². The molecular weight excluding hydrogens is 392 g/mol. The molecule has 1 saturated carbocycles. The van der Waals surface area contributed by atoms with Crippen LogP contribution in [0.5, 0.6) is 0 Å². The van der Waals surface area contributed by atoms with Gasteiger partial charge in [0, 0.05) is 25.2 Å². The summed E-state index contributed by atoms with van der Waals surface area (Å²) >= 11 is 0. The molecule has 1 aliphatic carbocycles. The number of nitrogens with two attached hydrogens (primary N) is 1. The minimum Gasteiger partial charge on any atom is -0.379 e. The van der Waals surface area contributed by atoms with E-state index in [1.165, 1.54) is 17.5 Å². The van der Waals surface area contributed by atoms with Crippen LogP contribution in [0.4, 0.5) is 11.5 Å². The van der Waals surface area contributed by atoms with Crippen molar-refractivity contribution in [3.8, 4) is 0 Å². The SMILES string of the molecule is CCN(CC)c1ccc(NCc2ccc(C3(N)CCC3)cc2)c(/C=C/c2ccccc2)n1. The van der Waals surface area contributed by atoms with Crippen molar-refractivity contribution in [2.45, 2.75) is 45.2 Å². The number of nitrogens with one attached hydrogen (secondary N) is 1. The van der Waals surface area contributed by atoms with Gasteiger partial charge in [-0.05, 0) is 68.0 Å². The Kier molecular flexibility index (Phi) is 6.91. The Labute approximate surface area is 192 Å². The van der Waals surface area contributed by atoms with Crippen molar-refractivity contribution >= 4 is 23.7 Å². The van der Waals surface area contributed by atoms with Crippen LogP contribution < -0.4 is 16.0 Å². The molecule has 1 aromatic heterocycles. The number of hydrogen-bond donors (Lipinski definition) is 2. The number of anilines is 2. The maximum atomic E-state index is 6.47. The van der Waals surface area contributed by atoms with E-state index in [0.717, 1.165) is 55.2 Å². The van der Waals surface area contributed by atoms with Crippen molar-refractivity contribution in [3.05, 3.63) is 89.1 Å². The van der Waals surface area contributed by atoms with Crippen molar-refractivity contribution in [2.75, 3.05) is 23.3 Å². The molecule has 4 rings (SSSR count). The Bertz CT molecular complexity index is 1030. The molecular formula is C28H34N4. The number of nitrogens with zero attached hydrogens (tertiary/aromatic N) is 2. The van der Waals surface area contributed by atoms with Gasteiger partial charge in [-0.25, -0.2) is 4.98 Å². The average Bonchev–Trinajstić information content (AvgIpc) is 2.82. The van der Waals surface area contributed by atoms with Crippen LogP contribution in [0.3, 0.4) is 0 Å². The molecule has 0 amide bonds. The molecule has 0 spiro atoms. The molecule has 3 N–H and O–H groups in total. The summed E-state index contributed by atoms with van der Waals surface area (Å²) in [6, 6.07) is 23.3. The summed E-state index contributed by atoms with van der Waals surface area (Å²) in [5, 5.41) is 3.59. The molecule has 4 nitrogen and oxygen atoms in total. The van der Waals surface area contributed by atoms with Gasteiger partial charge in [0.1, 0.15) is 5.82 Å². The van der Waals surface area contributed by atoms with Gasteiger partial charge in [0.2, 0.25) is 0 Å². The number of rotatable bonds is 9. The van der Waals surface area contributed by atoms with E-state index in [9.17, 15) is 0 Å². The topological polar surface area (TPSA) is 54.2 Å². The summed E-state index contributed by atoms with van der Waals surface area (Å²) in [7, 11) is 0. The Balaban J connectivity index is 1.53. The number of benzene rings is 2. The number of hydrogen-bond acceptors (Lipinski definition) is 4. The summed E-state index contributed by atoms with van der Waals surface area (Å²) in [6.07, 6.45) is 7.63. The molecule has 2 aromatic carbocycles. The zero-order valence-electron chi connectivity index (χ0n) is 19.2. The first-order valence-electron chi connectivity index (χ1n) is 11.7. The van der Waals surface area contributed by atoms with Crippen LogP contribution in [0.1, 0.15) is 55.5 Å². The standard InChI is InChI=1S/C28H34N4/c1-3-32(4-2)27-18-17-25(26(31-27)16-13-22-9-6-5-7-10-22)30-21-23-11-14-24(15-12-23)28(29)19-8-20-28/h5-7,9-18,30H,3-4,8,19-21,29H2,1-2H3/b16-13+. The maximum Gasteiger partial charge on any atom is 0.129 e. The first-order chi connectivity index (χ1) is 15.6. The normalized spacial score (nSPS) is 14.8. The molecule has 0 aliphatic heterocycles. The lowest BCUT2D eigenvalue weighted by molar-refractivity contribution is 0.253. The number of aromatic nitrogens is 1. The molecule has 4 heteroatoms. The van der Waals surface area contributed by atoms with Crippen LogP contribution in [0.15, 0.2) is 66.7 Å². The Morgan fingerprint density at radius 3 is 2.28 bits per heavy atom. The lowest BCUT2D eigenvalue weighted by Crippen LogP contribution is -2.43. The third-order valence-corrected chi connectivity index (χ3v) is 6.49. The molecule has 0 bridgehead atoms. The van der Waals surface area contributed by atoms with Crippen molar-refractivity contribution in [2.24, 2.45) is 5.73 Å². The zero-order valence-corrected chi connectivity index (χ0v) is 19.2. The molecule has 0 atom stereocenters. The largest absolute Gasteiger partial charge is 0.379 e. The van der Waals surface area contributed by atoms with Gasteiger partial charge in [-0.3, -0.25) is 0 Å². The summed E-state index contributed by atoms with van der Waals surface area (Å²) in [4.78, 5) is 7.24. The predicted octanol–water partition coefficient (Wildman–Crippen LogP) is 6.05. The molecule has 0 unspecified atom stereocenters. The minimum absolute atomic E-state index is 0.106. The van der Waals surface area contributed by atoms with Crippen molar-refractivity contribution in [1.82, 2.24) is 4.98 Å². The van der Waals surface area contributed by atoms with Crippen molar-refractivity contribution < 1.29 is 0 Å². The third-order valence-electron chi connectivity index (χ3n) is 6.49. The van der Waals surface area contributed by atoms with Crippen molar-refractivity contribution in [3.63, 3.8) is 0 Å². The Hall–Kier alpha value is -3.11. The third kappa shape index (κ3) is 5.03. The van der Waals surface area contributed by atoms with E-state index in [4.69, 9.17) is 10.7 Å². The minimum atomic E-state index is -0.106. The highest BCUT2D eigenvalue weighted by Crippen LogP contribution is 2.38. The fourth-order valence-electron chi connectivity index (χ4n) is 4.20. The van der Waals surface area contributed by atoms with Crippen molar-refractivity contribution in [1.29, 1.82) is 0 Å². The lowest BCUT2D eigenvalue weighted by atomic mass is 9.73. The molecule has 32 heavy (non-hydrogen) atoms. The summed E-state index contributed by atoms with van der Waals surface area (Å²) in [6.45, 7) is 6.95. The van der Waals surface area contributed by atoms with Gasteiger partial charge in [-0.15, -0.1) is 0 Å². The van der Waals surface area contributed by atoms with Crippen LogP contribution in [0.2, 0.25) is 0 Å². The highest BCUT2D eigenvalue weighted by molar-refractivity contribution is 5.75. The quantitative estimate of drug-likeness (QED) is 0.437.